The zero-order chi connectivity index (χ0) is 17.4. The number of hydrogen-bond donors (Lipinski definition) is 1. The van der Waals surface area contributed by atoms with Crippen molar-refractivity contribution >= 4 is 17.3 Å². The molecular weight excluding hydrogens is 332 g/mol. The van der Waals surface area contributed by atoms with Crippen molar-refractivity contribution in [2.24, 2.45) is 16.8 Å². The van der Waals surface area contributed by atoms with Crippen LogP contribution in [0.4, 0.5) is 0 Å². The second kappa shape index (κ2) is 7.23. The van der Waals surface area contributed by atoms with Crippen molar-refractivity contribution in [2.75, 3.05) is 26.2 Å². The van der Waals surface area contributed by atoms with Crippen LogP contribution < -0.4 is 5.32 Å². The quantitative estimate of drug-likeness (QED) is 0.646. The molecule has 0 saturated carbocycles. The molecule has 1 aromatic rings. The highest BCUT2D eigenvalue weighted by molar-refractivity contribution is 7.09. The number of aliphatic imine (C=N–C) groups is 1. The van der Waals surface area contributed by atoms with Gasteiger partial charge in [-0.25, -0.2) is 4.98 Å². The standard InChI is InChI=1S/C19H30N4OS/c1-4-20-19(21-8-7-13-11-25-18(22-13)12(2)3)23-9-14-15(10-23)17-6-5-16(14)24-17/h11-12,14-17H,4-10H2,1-3H3,(H,20,21). The van der Waals surface area contributed by atoms with Crippen molar-refractivity contribution in [3.63, 3.8) is 0 Å². The largest absolute Gasteiger partial charge is 0.374 e. The maximum Gasteiger partial charge on any atom is 0.193 e. The summed E-state index contributed by atoms with van der Waals surface area (Å²) in [5, 5.41) is 6.91. The number of fused-ring (bicyclic) bond motifs is 5. The monoisotopic (exact) mass is 362 g/mol. The molecule has 4 heterocycles. The van der Waals surface area contributed by atoms with Gasteiger partial charge in [0.1, 0.15) is 0 Å². The second-order valence-electron chi connectivity index (χ2n) is 7.84. The van der Waals surface area contributed by atoms with Gasteiger partial charge in [-0.15, -0.1) is 11.3 Å². The van der Waals surface area contributed by atoms with Gasteiger partial charge in [-0.3, -0.25) is 4.99 Å². The van der Waals surface area contributed by atoms with Crippen molar-refractivity contribution in [3.05, 3.63) is 16.1 Å². The first-order valence-electron chi connectivity index (χ1n) is 9.78. The van der Waals surface area contributed by atoms with Crippen LogP contribution in [0.1, 0.15) is 50.2 Å². The highest BCUT2D eigenvalue weighted by Crippen LogP contribution is 2.47. The maximum absolute atomic E-state index is 6.09. The molecule has 3 aliphatic heterocycles. The van der Waals surface area contributed by atoms with Crippen LogP contribution in [0.2, 0.25) is 0 Å². The topological polar surface area (TPSA) is 49.8 Å². The molecule has 0 amide bonds. The summed E-state index contributed by atoms with van der Waals surface area (Å²) in [5.41, 5.74) is 1.18. The summed E-state index contributed by atoms with van der Waals surface area (Å²) in [6, 6.07) is 0. The maximum atomic E-state index is 6.09. The van der Waals surface area contributed by atoms with E-state index in [0.717, 1.165) is 50.4 Å². The molecule has 25 heavy (non-hydrogen) atoms. The van der Waals surface area contributed by atoms with Crippen molar-refractivity contribution in [1.29, 1.82) is 0 Å². The van der Waals surface area contributed by atoms with Crippen LogP contribution in [0.5, 0.6) is 0 Å². The number of hydrogen-bond acceptors (Lipinski definition) is 4. The number of nitrogens with one attached hydrogen (secondary N) is 1. The molecule has 4 atom stereocenters. The normalized spacial score (nSPS) is 31.2. The van der Waals surface area contributed by atoms with Gasteiger partial charge in [-0.2, -0.15) is 0 Å². The summed E-state index contributed by atoms with van der Waals surface area (Å²) in [4.78, 5) is 12.1. The van der Waals surface area contributed by atoms with E-state index in [4.69, 9.17) is 14.7 Å². The van der Waals surface area contributed by atoms with Crippen LogP contribution in [0.3, 0.4) is 0 Å². The minimum absolute atomic E-state index is 0.507. The van der Waals surface area contributed by atoms with Gasteiger partial charge in [0.2, 0.25) is 0 Å². The Morgan fingerprint density at radius 1 is 1.36 bits per heavy atom. The number of likely N-dealkylation sites (tertiary alicyclic amines) is 1. The van der Waals surface area contributed by atoms with Gasteiger partial charge in [0.15, 0.2) is 5.96 Å². The average molecular weight is 363 g/mol. The van der Waals surface area contributed by atoms with E-state index in [1.807, 2.05) is 0 Å². The molecule has 3 aliphatic rings. The minimum atomic E-state index is 0.507. The van der Waals surface area contributed by atoms with Crippen LogP contribution in [-0.2, 0) is 11.2 Å². The van der Waals surface area contributed by atoms with Gasteiger partial charge >= 0.3 is 0 Å². The molecule has 4 rings (SSSR count). The van der Waals surface area contributed by atoms with Crippen LogP contribution in [0.25, 0.3) is 0 Å². The SMILES string of the molecule is CCNC(=NCCc1csc(C(C)C)n1)N1CC2C3CCC(O3)C2C1. The lowest BCUT2D eigenvalue weighted by Crippen LogP contribution is -2.41. The Morgan fingerprint density at radius 3 is 2.68 bits per heavy atom. The summed E-state index contributed by atoms with van der Waals surface area (Å²) in [6.45, 7) is 10.5. The fraction of sp³-hybridized carbons (Fsp3) is 0.789. The molecule has 138 valence electrons. The van der Waals surface area contributed by atoms with E-state index in [0.29, 0.717) is 18.1 Å². The van der Waals surface area contributed by atoms with E-state index in [1.165, 1.54) is 23.5 Å². The van der Waals surface area contributed by atoms with Crippen molar-refractivity contribution in [3.8, 4) is 0 Å². The summed E-state index contributed by atoms with van der Waals surface area (Å²) in [7, 11) is 0. The van der Waals surface area contributed by atoms with E-state index in [-0.39, 0.29) is 0 Å². The molecule has 5 nitrogen and oxygen atoms in total. The van der Waals surface area contributed by atoms with Gasteiger partial charge < -0.3 is 15.0 Å². The molecule has 2 bridgehead atoms. The van der Waals surface area contributed by atoms with Crippen LogP contribution >= 0.6 is 11.3 Å². The van der Waals surface area contributed by atoms with Gasteiger partial charge in [-0.05, 0) is 19.8 Å². The third kappa shape index (κ3) is 3.43. The third-order valence-electron chi connectivity index (χ3n) is 5.78. The van der Waals surface area contributed by atoms with E-state index in [1.54, 1.807) is 11.3 Å². The first-order chi connectivity index (χ1) is 12.2. The molecule has 1 aromatic heterocycles. The van der Waals surface area contributed by atoms with Gasteiger partial charge in [0, 0.05) is 55.7 Å². The number of thiazole rings is 1. The Kier molecular flexibility index (Phi) is 5.00. The fourth-order valence-electron chi connectivity index (χ4n) is 4.54. The van der Waals surface area contributed by atoms with Crippen LogP contribution in [0, 0.1) is 11.8 Å². The lowest BCUT2D eigenvalue weighted by Gasteiger charge is -2.23. The number of rotatable bonds is 5. The molecule has 0 aliphatic carbocycles. The molecule has 4 unspecified atom stereocenters. The smallest absolute Gasteiger partial charge is 0.193 e. The average Bonchev–Trinajstić information content (AvgIpc) is 3.34. The summed E-state index contributed by atoms with van der Waals surface area (Å²) < 4.78 is 6.09. The first-order valence-corrected chi connectivity index (χ1v) is 10.7. The van der Waals surface area contributed by atoms with Crippen molar-refractivity contribution in [2.45, 2.75) is 58.2 Å². The highest BCUT2D eigenvalue weighted by Gasteiger charge is 2.53. The first kappa shape index (κ1) is 17.3. The van der Waals surface area contributed by atoms with E-state index >= 15 is 0 Å². The minimum Gasteiger partial charge on any atom is -0.374 e. The molecule has 3 fully saturated rings. The molecule has 0 radical (unpaired) electrons. The zero-order valence-corrected chi connectivity index (χ0v) is 16.4. The Bertz CT molecular complexity index is 611. The van der Waals surface area contributed by atoms with E-state index in [9.17, 15) is 0 Å². The van der Waals surface area contributed by atoms with Gasteiger partial charge in [0.05, 0.1) is 22.9 Å². The Hall–Kier alpha value is -1.14. The summed E-state index contributed by atoms with van der Waals surface area (Å²) in [6.07, 6.45) is 4.46. The molecule has 3 saturated heterocycles. The van der Waals surface area contributed by atoms with E-state index in [2.05, 4.69) is 36.4 Å². The highest BCUT2D eigenvalue weighted by atomic mass is 32.1. The third-order valence-corrected chi connectivity index (χ3v) is 6.97. The zero-order valence-electron chi connectivity index (χ0n) is 15.6. The summed E-state index contributed by atoms with van der Waals surface area (Å²) in [5.74, 6) is 3.03. The Morgan fingerprint density at radius 2 is 2.08 bits per heavy atom. The second-order valence-corrected chi connectivity index (χ2v) is 8.73. The molecule has 0 aromatic carbocycles. The number of nitrogens with zero attached hydrogens (tertiary/aromatic N) is 3. The molecule has 0 spiro atoms. The predicted molar refractivity (Wildman–Crippen MR) is 102 cm³/mol. The Labute approximate surface area is 154 Å². The predicted octanol–water partition coefficient (Wildman–Crippen LogP) is 2.88. The number of aromatic nitrogens is 1. The Balaban J connectivity index is 1.36. The van der Waals surface area contributed by atoms with Gasteiger partial charge in [0.25, 0.3) is 0 Å². The fourth-order valence-corrected chi connectivity index (χ4v) is 5.41. The lowest BCUT2D eigenvalue weighted by atomic mass is 9.82. The van der Waals surface area contributed by atoms with Gasteiger partial charge in [-0.1, -0.05) is 13.8 Å². The number of ether oxygens (including phenoxy) is 1. The molecule has 6 heteroatoms. The van der Waals surface area contributed by atoms with E-state index < -0.39 is 0 Å². The molecular formula is C19H30N4OS. The molecule has 1 N–H and O–H groups in total. The lowest BCUT2D eigenvalue weighted by molar-refractivity contribution is 0.0767. The van der Waals surface area contributed by atoms with Crippen molar-refractivity contribution < 1.29 is 4.74 Å². The number of guanidine groups is 1. The van der Waals surface area contributed by atoms with Crippen LogP contribution in [-0.4, -0.2) is 54.2 Å². The van der Waals surface area contributed by atoms with Crippen LogP contribution in [0.15, 0.2) is 10.4 Å². The summed E-state index contributed by atoms with van der Waals surface area (Å²) >= 11 is 1.77. The van der Waals surface area contributed by atoms with Crippen molar-refractivity contribution in [1.82, 2.24) is 15.2 Å².